The Hall–Kier alpha value is -1.65. The topological polar surface area (TPSA) is 66.9 Å². The van der Waals surface area contributed by atoms with Crippen molar-refractivity contribution in [2.45, 2.75) is 39.0 Å². The molecule has 1 aliphatic rings. The minimum atomic E-state index is 0.0139. The maximum Gasteiger partial charge on any atom is 0.239 e. The molecule has 1 aromatic rings. The summed E-state index contributed by atoms with van der Waals surface area (Å²) in [6.45, 7) is 3.04. The fraction of sp³-hybridized carbons (Fsp3) is 0.615. The van der Waals surface area contributed by atoms with Crippen molar-refractivity contribution in [1.29, 1.82) is 0 Å². The molecule has 0 unspecified atom stereocenters. The molecule has 1 aromatic heterocycles. The highest BCUT2D eigenvalue weighted by Gasteiger charge is 2.15. The summed E-state index contributed by atoms with van der Waals surface area (Å²) >= 11 is 0. The van der Waals surface area contributed by atoms with E-state index < -0.39 is 0 Å². The molecule has 98 valence electrons. The molecule has 5 nitrogen and oxygen atoms in total. The van der Waals surface area contributed by atoms with Gasteiger partial charge in [-0.3, -0.25) is 4.79 Å². The van der Waals surface area contributed by atoms with E-state index in [9.17, 15) is 4.79 Å². The van der Waals surface area contributed by atoms with Gasteiger partial charge in [0.15, 0.2) is 0 Å². The van der Waals surface area contributed by atoms with E-state index in [2.05, 4.69) is 20.6 Å². The first-order valence-electron chi connectivity index (χ1n) is 6.64. The molecule has 0 spiro atoms. The minimum absolute atomic E-state index is 0.0139. The maximum absolute atomic E-state index is 11.5. The predicted octanol–water partition coefficient (Wildman–Crippen LogP) is 1.29. The number of anilines is 1. The third-order valence-corrected chi connectivity index (χ3v) is 3.11. The first kappa shape index (κ1) is 12.8. The van der Waals surface area contributed by atoms with Gasteiger partial charge in [-0.1, -0.05) is 6.92 Å². The van der Waals surface area contributed by atoms with Gasteiger partial charge in [0, 0.05) is 17.8 Å². The summed E-state index contributed by atoms with van der Waals surface area (Å²) in [6.07, 6.45) is 6.94. The molecule has 5 heteroatoms. The number of hydrogen-bond acceptors (Lipinski definition) is 4. The molecule has 0 saturated carbocycles. The highest BCUT2D eigenvalue weighted by Crippen LogP contribution is 2.23. The lowest BCUT2D eigenvalue weighted by Gasteiger charge is -2.17. The summed E-state index contributed by atoms with van der Waals surface area (Å²) in [5.41, 5.74) is 2.32. The van der Waals surface area contributed by atoms with Gasteiger partial charge < -0.3 is 10.6 Å². The van der Waals surface area contributed by atoms with Gasteiger partial charge in [-0.05, 0) is 32.1 Å². The summed E-state index contributed by atoms with van der Waals surface area (Å²) in [4.78, 5) is 20.1. The molecule has 0 aliphatic heterocycles. The lowest BCUT2D eigenvalue weighted by Crippen LogP contribution is -2.31. The van der Waals surface area contributed by atoms with Crippen molar-refractivity contribution in [3.05, 3.63) is 17.6 Å². The summed E-state index contributed by atoms with van der Waals surface area (Å²) in [5, 5.41) is 5.96. The minimum Gasteiger partial charge on any atom is -0.361 e. The quantitative estimate of drug-likeness (QED) is 0.824. The number of nitrogens with zero attached hydrogens (tertiary/aromatic N) is 2. The number of hydrogen-bond donors (Lipinski definition) is 2. The lowest BCUT2D eigenvalue weighted by molar-refractivity contribution is -0.119. The van der Waals surface area contributed by atoms with E-state index in [1.165, 1.54) is 18.4 Å². The molecule has 1 amide bonds. The third-order valence-electron chi connectivity index (χ3n) is 3.11. The van der Waals surface area contributed by atoms with Crippen molar-refractivity contribution < 1.29 is 4.79 Å². The first-order valence-corrected chi connectivity index (χ1v) is 6.64. The molecular weight excluding hydrogens is 228 g/mol. The Morgan fingerprint density at radius 2 is 2.17 bits per heavy atom. The SMILES string of the molecule is CCCNC(=O)CNc1ncnc2c1CCCC2. The molecular formula is C13H20N4O. The number of aryl methyl sites for hydroxylation is 1. The number of carbonyl (C=O) groups excluding carboxylic acids is 1. The second-order valence-electron chi connectivity index (χ2n) is 4.56. The summed E-state index contributed by atoms with van der Waals surface area (Å²) in [7, 11) is 0. The summed E-state index contributed by atoms with van der Waals surface area (Å²) in [6, 6.07) is 0. The van der Waals surface area contributed by atoms with Crippen LogP contribution < -0.4 is 10.6 Å². The normalized spacial score (nSPS) is 13.8. The molecule has 1 aliphatic carbocycles. The van der Waals surface area contributed by atoms with Gasteiger partial charge in [0.25, 0.3) is 0 Å². The van der Waals surface area contributed by atoms with Crippen LogP contribution in [0.1, 0.15) is 37.4 Å². The van der Waals surface area contributed by atoms with Crippen molar-refractivity contribution >= 4 is 11.7 Å². The van der Waals surface area contributed by atoms with E-state index >= 15 is 0 Å². The van der Waals surface area contributed by atoms with Crippen LogP contribution >= 0.6 is 0 Å². The van der Waals surface area contributed by atoms with Crippen molar-refractivity contribution in [2.75, 3.05) is 18.4 Å². The lowest BCUT2D eigenvalue weighted by atomic mass is 9.96. The van der Waals surface area contributed by atoms with Crippen LogP contribution in [-0.2, 0) is 17.6 Å². The molecule has 2 N–H and O–H groups in total. The highest BCUT2D eigenvalue weighted by molar-refractivity contribution is 5.80. The van der Waals surface area contributed by atoms with Gasteiger partial charge in [-0.25, -0.2) is 9.97 Å². The average molecular weight is 248 g/mol. The second kappa shape index (κ2) is 6.33. The molecule has 0 aromatic carbocycles. The Balaban J connectivity index is 1.95. The predicted molar refractivity (Wildman–Crippen MR) is 70.5 cm³/mol. The van der Waals surface area contributed by atoms with Crippen LogP contribution in [0.4, 0.5) is 5.82 Å². The molecule has 0 fully saturated rings. The number of nitrogens with one attached hydrogen (secondary N) is 2. The molecule has 0 bridgehead atoms. The second-order valence-corrected chi connectivity index (χ2v) is 4.56. The van der Waals surface area contributed by atoms with Crippen molar-refractivity contribution in [2.24, 2.45) is 0 Å². The molecule has 1 heterocycles. The Morgan fingerprint density at radius 1 is 1.33 bits per heavy atom. The Labute approximate surface area is 107 Å². The van der Waals surface area contributed by atoms with Crippen LogP contribution in [0.15, 0.2) is 6.33 Å². The molecule has 18 heavy (non-hydrogen) atoms. The van der Waals surface area contributed by atoms with E-state index in [0.29, 0.717) is 0 Å². The zero-order valence-corrected chi connectivity index (χ0v) is 10.8. The number of aromatic nitrogens is 2. The van der Waals surface area contributed by atoms with Crippen molar-refractivity contribution in [3.63, 3.8) is 0 Å². The van der Waals surface area contributed by atoms with Gasteiger partial charge >= 0.3 is 0 Å². The van der Waals surface area contributed by atoms with Crippen molar-refractivity contribution in [3.8, 4) is 0 Å². The monoisotopic (exact) mass is 248 g/mol. The van der Waals surface area contributed by atoms with E-state index in [-0.39, 0.29) is 12.5 Å². The molecule has 2 rings (SSSR count). The average Bonchev–Trinajstić information content (AvgIpc) is 2.42. The van der Waals surface area contributed by atoms with Gasteiger partial charge in [0.1, 0.15) is 12.1 Å². The number of amides is 1. The van der Waals surface area contributed by atoms with Gasteiger partial charge in [-0.2, -0.15) is 0 Å². The van der Waals surface area contributed by atoms with E-state index in [1.54, 1.807) is 6.33 Å². The Kier molecular flexibility index (Phi) is 4.50. The number of rotatable bonds is 5. The Morgan fingerprint density at radius 3 is 3.00 bits per heavy atom. The summed E-state index contributed by atoms with van der Waals surface area (Å²) in [5.74, 6) is 0.839. The Bertz CT molecular complexity index is 419. The fourth-order valence-electron chi connectivity index (χ4n) is 2.16. The third kappa shape index (κ3) is 3.18. The van der Waals surface area contributed by atoms with Gasteiger partial charge in [-0.15, -0.1) is 0 Å². The van der Waals surface area contributed by atoms with E-state index in [1.807, 2.05) is 6.92 Å². The van der Waals surface area contributed by atoms with Gasteiger partial charge in [0.05, 0.1) is 6.54 Å². The molecule has 0 saturated heterocycles. The zero-order chi connectivity index (χ0) is 12.8. The highest BCUT2D eigenvalue weighted by atomic mass is 16.1. The first-order chi connectivity index (χ1) is 8.81. The zero-order valence-electron chi connectivity index (χ0n) is 10.8. The summed E-state index contributed by atoms with van der Waals surface area (Å²) < 4.78 is 0. The number of fused-ring (bicyclic) bond motifs is 1. The maximum atomic E-state index is 11.5. The van der Waals surface area contributed by atoms with Crippen LogP contribution in [-0.4, -0.2) is 29.0 Å². The standard InChI is InChI=1S/C13H20N4O/c1-2-7-14-12(18)8-15-13-10-5-3-4-6-11(10)16-9-17-13/h9H,2-8H2,1H3,(H,14,18)(H,15,16,17). The van der Waals surface area contributed by atoms with Crippen LogP contribution in [0, 0.1) is 0 Å². The van der Waals surface area contributed by atoms with Gasteiger partial charge in [0.2, 0.25) is 5.91 Å². The van der Waals surface area contributed by atoms with E-state index in [4.69, 9.17) is 0 Å². The van der Waals surface area contributed by atoms with Crippen molar-refractivity contribution in [1.82, 2.24) is 15.3 Å². The largest absolute Gasteiger partial charge is 0.361 e. The van der Waals surface area contributed by atoms with Crippen LogP contribution in [0.25, 0.3) is 0 Å². The molecule has 0 radical (unpaired) electrons. The smallest absolute Gasteiger partial charge is 0.239 e. The van der Waals surface area contributed by atoms with Crippen LogP contribution in [0.2, 0.25) is 0 Å². The van der Waals surface area contributed by atoms with Crippen LogP contribution in [0.5, 0.6) is 0 Å². The number of carbonyl (C=O) groups is 1. The van der Waals surface area contributed by atoms with Crippen LogP contribution in [0.3, 0.4) is 0 Å². The molecule has 0 atom stereocenters. The van der Waals surface area contributed by atoms with E-state index in [0.717, 1.165) is 37.3 Å². The fourth-order valence-corrected chi connectivity index (χ4v) is 2.16.